The zero-order valence-electron chi connectivity index (χ0n) is 12.5. The summed E-state index contributed by atoms with van der Waals surface area (Å²) in [6.07, 6.45) is 0.362. The molecular weight excluding hydrogens is 314 g/mol. The Hall–Kier alpha value is -3.20. The van der Waals surface area contributed by atoms with Gasteiger partial charge in [0.1, 0.15) is 12.7 Å². The lowest BCUT2D eigenvalue weighted by atomic mass is 10.2. The molecule has 0 fully saturated rings. The van der Waals surface area contributed by atoms with Crippen LogP contribution in [0.5, 0.6) is 0 Å². The maximum absolute atomic E-state index is 11.9. The van der Waals surface area contributed by atoms with Gasteiger partial charge in [0.15, 0.2) is 11.2 Å². The van der Waals surface area contributed by atoms with E-state index >= 15 is 0 Å². The van der Waals surface area contributed by atoms with Crippen LogP contribution < -0.4 is 11.3 Å². The number of carbonyl (C=O) groups is 1. The third-order valence-corrected chi connectivity index (χ3v) is 3.33. The van der Waals surface area contributed by atoms with Gasteiger partial charge < -0.3 is 20.1 Å². The molecule has 2 aromatic heterocycles. The van der Waals surface area contributed by atoms with Crippen LogP contribution in [0, 0.1) is 0 Å². The summed E-state index contributed by atoms with van der Waals surface area (Å²) >= 11 is 0. The number of imidazole rings is 1. The van der Waals surface area contributed by atoms with E-state index < -0.39 is 17.6 Å². The van der Waals surface area contributed by atoms with E-state index in [2.05, 4.69) is 15.0 Å². The number of aromatic nitrogens is 4. The highest BCUT2D eigenvalue weighted by atomic mass is 16.5. The number of esters is 1. The van der Waals surface area contributed by atoms with Crippen LogP contribution in [0.15, 0.2) is 41.5 Å². The highest BCUT2D eigenvalue weighted by Gasteiger charge is 2.15. The second-order valence-corrected chi connectivity index (χ2v) is 5.14. The molecule has 0 aliphatic rings. The van der Waals surface area contributed by atoms with E-state index in [0.29, 0.717) is 5.56 Å². The average Bonchev–Trinajstić information content (AvgIpc) is 2.96. The van der Waals surface area contributed by atoms with Gasteiger partial charge in [-0.25, -0.2) is 9.78 Å². The fourth-order valence-corrected chi connectivity index (χ4v) is 2.25. The maximum Gasteiger partial charge on any atom is 0.338 e. The SMILES string of the molecule is Nc1nc2ncn(C[C@@H](O)COC(=O)c3ccccc3)c2c(=O)[nH]1. The minimum absolute atomic E-state index is 0.0211. The first kappa shape index (κ1) is 15.7. The van der Waals surface area contributed by atoms with Gasteiger partial charge in [-0.05, 0) is 12.1 Å². The van der Waals surface area contributed by atoms with Gasteiger partial charge in [-0.2, -0.15) is 4.98 Å². The summed E-state index contributed by atoms with van der Waals surface area (Å²) in [6, 6.07) is 8.46. The number of nitrogens with two attached hydrogens (primary N) is 1. The summed E-state index contributed by atoms with van der Waals surface area (Å²) in [5, 5.41) is 10.0. The topological polar surface area (TPSA) is 136 Å². The second kappa shape index (κ2) is 6.50. The summed E-state index contributed by atoms with van der Waals surface area (Å²) in [5.74, 6) is -0.562. The van der Waals surface area contributed by atoms with E-state index in [4.69, 9.17) is 10.5 Å². The van der Waals surface area contributed by atoms with E-state index in [-0.39, 0.29) is 30.3 Å². The minimum Gasteiger partial charge on any atom is -0.459 e. The molecule has 0 spiro atoms. The van der Waals surface area contributed by atoms with Crippen LogP contribution in [-0.4, -0.2) is 43.3 Å². The number of carbonyl (C=O) groups excluding carboxylic acids is 1. The number of fused-ring (bicyclic) bond motifs is 1. The maximum atomic E-state index is 11.9. The number of nitrogens with zero attached hydrogens (tertiary/aromatic N) is 3. The Labute approximate surface area is 135 Å². The monoisotopic (exact) mass is 329 g/mol. The molecular formula is C15H15N5O4. The molecule has 1 aromatic carbocycles. The first-order chi connectivity index (χ1) is 11.5. The molecule has 9 nitrogen and oxygen atoms in total. The summed E-state index contributed by atoms with van der Waals surface area (Å²) in [6.45, 7) is -0.193. The molecule has 0 bridgehead atoms. The van der Waals surface area contributed by atoms with Crippen LogP contribution >= 0.6 is 0 Å². The van der Waals surface area contributed by atoms with E-state index in [0.717, 1.165) is 0 Å². The van der Waals surface area contributed by atoms with Gasteiger partial charge in [0.25, 0.3) is 5.56 Å². The predicted molar refractivity (Wildman–Crippen MR) is 85.3 cm³/mol. The van der Waals surface area contributed by atoms with E-state index in [1.165, 1.54) is 10.9 Å². The van der Waals surface area contributed by atoms with E-state index in [9.17, 15) is 14.7 Å². The van der Waals surface area contributed by atoms with Crippen molar-refractivity contribution < 1.29 is 14.6 Å². The molecule has 3 rings (SSSR count). The van der Waals surface area contributed by atoms with Crippen LogP contribution in [0.1, 0.15) is 10.4 Å². The molecule has 4 N–H and O–H groups in total. The third-order valence-electron chi connectivity index (χ3n) is 3.33. The van der Waals surface area contributed by atoms with Crippen molar-refractivity contribution in [1.29, 1.82) is 0 Å². The Morgan fingerprint density at radius 3 is 2.88 bits per heavy atom. The van der Waals surface area contributed by atoms with Crippen molar-refractivity contribution in [3.8, 4) is 0 Å². The number of hydrogen-bond acceptors (Lipinski definition) is 7. The number of hydrogen-bond donors (Lipinski definition) is 3. The fourth-order valence-electron chi connectivity index (χ4n) is 2.25. The number of anilines is 1. The standard InChI is InChI=1S/C15H15N5O4/c16-15-18-12-11(13(22)19-15)20(8-17-12)6-10(21)7-24-14(23)9-4-2-1-3-5-9/h1-5,8,10,21H,6-7H2,(H3,16,18,19,22)/t10-/m1/s1. The molecule has 0 unspecified atom stereocenters. The largest absolute Gasteiger partial charge is 0.459 e. The smallest absolute Gasteiger partial charge is 0.338 e. The zero-order valence-corrected chi connectivity index (χ0v) is 12.5. The van der Waals surface area contributed by atoms with Crippen molar-refractivity contribution in [3.05, 3.63) is 52.6 Å². The summed E-state index contributed by atoms with van der Waals surface area (Å²) < 4.78 is 6.49. The summed E-state index contributed by atoms with van der Waals surface area (Å²) in [4.78, 5) is 34.0. The Balaban J connectivity index is 1.66. The van der Waals surface area contributed by atoms with Gasteiger partial charge in [-0.1, -0.05) is 18.2 Å². The molecule has 1 atom stereocenters. The quantitative estimate of drug-likeness (QED) is 0.557. The summed E-state index contributed by atoms with van der Waals surface area (Å²) in [5.41, 5.74) is 5.77. The van der Waals surface area contributed by atoms with E-state index in [1.54, 1.807) is 30.3 Å². The molecule has 2 heterocycles. The molecule has 124 valence electrons. The van der Waals surface area contributed by atoms with Crippen molar-refractivity contribution in [1.82, 2.24) is 19.5 Å². The lowest BCUT2D eigenvalue weighted by molar-refractivity contribution is 0.0220. The minimum atomic E-state index is -1.01. The zero-order chi connectivity index (χ0) is 17.1. The Bertz CT molecular complexity index is 919. The third kappa shape index (κ3) is 3.25. The summed E-state index contributed by atoms with van der Waals surface area (Å²) in [7, 11) is 0. The Morgan fingerprint density at radius 2 is 2.12 bits per heavy atom. The molecule has 0 amide bonds. The highest BCUT2D eigenvalue weighted by Crippen LogP contribution is 2.08. The molecule has 0 saturated heterocycles. The highest BCUT2D eigenvalue weighted by molar-refractivity contribution is 5.89. The molecule has 0 aliphatic carbocycles. The van der Waals surface area contributed by atoms with Crippen LogP contribution in [0.4, 0.5) is 5.95 Å². The van der Waals surface area contributed by atoms with Gasteiger partial charge in [0, 0.05) is 0 Å². The predicted octanol–water partition coefficient (Wildman–Crippen LogP) is -0.0803. The van der Waals surface area contributed by atoms with Gasteiger partial charge in [0.2, 0.25) is 5.95 Å². The molecule has 0 aliphatic heterocycles. The number of rotatable bonds is 5. The van der Waals surface area contributed by atoms with Crippen molar-refractivity contribution in [2.24, 2.45) is 0 Å². The number of aliphatic hydroxyl groups is 1. The van der Waals surface area contributed by atoms with Crippen LogP contribution in [-0.2, 0) is 11.3 Å². The van der Waals surface area contributed by atoms with Crippen molar-refractivity contribution >= 4 is 23.1 Å². The van der Waals surface area contributed by atoms with Crippen LogP contribution in [0.2, 0.25) is 0 Å². The average molecular weight is 329 g/mol. The van der Waals surface area contributed by atoms with Crippen LogP contribution in [0.3, 0.4) is 0 Å². The van der Waals surface area contributed by atoms with E-state index in [1.807, 2.05) is 0 Å². The van der Waals surface area contributed by atoms with Crippen molar-refractivity contribution in [3.63, 3.8) is 0 Å². The normalized spacial score (nSPS) is 12.2. The van der Waals surface area contributed by atoms with Crippen molar-refractivity contribution in [2.45, 2.75) is 12.6 Å². The number of nitrogen functional groups attached to an aromatic ring is 1. The molecule has 0 saturated carbocycles. The van der Waals surface area contributed by atoms with Gasteiger partial charge >= 0.3 is 5.97 Å². The van der Waals surface area contributed by atoms with Crippen molar-refractivity contribution in [2.75, 3.05) is 12.3 Å². The van der Waals surface area contributed by atoms with Crippen LogP contribution in [0.25, 0.3) is 11.2 Å². The Kier molecular flexibility index (Phi) is 4.25. The number of nitrogens with one attached hydrogen (secondary N) is 1. The lowest BCUT2D eigenvalue weighted by Crippen LogP contribution is -2.25. The first-order valence-corrected chi connectivity index (χ1v) is 7.15. The molecule has 9 heteroatoms. The first-order valence-electron chi connectivity index (χ1n) is 7.15. The lowest BCUT2D eigenvalue weighted by Gasteiger charge is -2.12. The Morgan fingerprint density at radius 1 is 1.38 bits per heavy atom. The van der Waals surface area contributed by atoms with Gasteiger partial charge in [-0.15, -0.1) is 0 Å². The van der Waals surface area contributed by atoms with Gasteiger partial charge in [-0.3, -0.25) is 9.78 Å². The molecule has 24 heavy (non-hydrogen) atoms. The number of aliphatic hydroxyl groups excluding tert-OH is 1. The molecule has 0 radical (unpaired) electrons. The molecule has 3 aromatic rings. The fraction of sp³-hybridized carbons (Fsp3) is 0.200. The second-order valence-electron chi connectivity index (χ2n) is 5.14. The number of benzene rings is 1. The van der Waals surface area contributed by atoms with Gasteiger partial charge in [0.05, 0.1) is 18.4 Å². The number of H-pyrrole nitrogens is 1. The number of aromatic amines is 1. The number of ether oxygens (including phenoxy) is 1.